The van der Waals surface area contributed by atoms with Gasteiger partial charge in [0.1, 0.15) is 5.82 Å². The Labute approximate surface area is 238 Å². The summed E-state index contributed by atoms with van der Waals surface area (Å²) in [4.78, 5) is 14.3. The molecule has 2 heterocycles. The highest BCUT2D eigenvalue weighted by molar-refractivity contribution is 6.11. The molecule has 0 fully saturated rings. The van der Waals surface area contributed by atoms with Crippen molar-refractivity contribution < 1.29 is 0 Å². The molecule has 8 rings (SSSR count). The fraction of sp³-hybridized carbons (Fsp3) is 0.108. The lowest BCUT2D eigenvalue weighted by Gasteiger charge is -2.30. The van der Waals surface area contributed by atoms with Gasteiger partial charge < -0.3 is 4.57 Å². The van der Waals surface area contributed by atoms with Gasteiger partial charge >= 0.3 is 0 Å². The number of rotatable bonds is 4. The first-order chi connectivity index (χ1) is 20.1. The zero-order valence-corrected chi connectivity index (χ0v) is 23.1. The molecule has 0 saturated carbocycles. The maximum absolute atomic E-state index is 4.89. The molecule has 4 heteroatoms. The van der Waals surface area contributed by atoms with E-state index in [1.165, 1.54) is 55.0 Å². The fourth-order valence-corrected chi connectivity index (χ4v) is 6.74. The van der Waals surface area contributed by atoms with Gasteiger partial charge in [0.2, 0.25) is 0 Å². The molecule has 0 N–H and O–H groups in total. The molecule has 2 aliphatic rings. The third kappa shape index (κ3) is 3.50. The van der Waals surface area contributed by atoms with E-state index < -0.39 is 0 Å². The number of allylic oxidation sites excluding steroid dienone is 6. The van der Waals surface area contributed by atoms with Crippen molar-refractivity contribution in [3.05, 3.63) is 138 Å². The van der Waals surface area contributed by atoms with Crippen LogP contribution >= 0.6 is 0 Å². The molecule has 0 amide bonds. The molecule has 0 bridgehead atoms. The fourth-order valence-electron chi connectivity index (χ4n) is 6.74. The number of aryl methyl sites for hydroxylation is 1. The molecular weight excluding hydrogens is 500 g/mol. The lowest BCUT2D eigenvalue weighted by Crippen LogP contribution is -2.15. The van der Waals surface area contributed by atoms with E-state index in [0.717, 1.165) is 23.4 Å². The highest BCUT2D eigenvalue weighted by Gasteiger charge is 2.30. The average Bonchev–Trinajstić information content (AvgIpc) is 3.34. The van der Waals surface area contributed by atoms with Gasteiger partial charge in [-0.3, -0.25) is 0 Å². The van der Waals surface area contributed by atoms with Crippen LogP contribution in [0.1, 0.15) is 47.0 Å². The first kappa shape index (κ1) is 23.8. The van der Waals surface area contributed by atoms with E-state index in [1.54, 1.807) is 0 Å². The Balaban J connectivity index is 1.35. The second-order valence-corrected chi connectivity index (χ2v) is 10.9. The van der Waals surface area contributed by atoms with Gasteiger partial charge in [0.15, 0.2) is 11.6 Å². The summed E-state index contributed by atoms with van der Waals surface area (Å²) in [6, 6.07) is 26.6. The molecule has 0 radical (unpaired) electrons. The number of nitrogens with zero attached hydrogens (tertiary/aromatic N) is 4. The van der Waals surface area contributed by atoms with Crippen molar-refractivity contribution in [1.82, 2.24) is 19.5 Å². The van der Waals surface area contributed by atoms with Crippen molar-refractivity contribution in [3.8, 4) is 5.69 Å². The largest absolute Gasteiger partial charge is 0.309 e. The number of para-hydroxylation sites is 2. The van der Waals surface area contributed by atoms with Gasteiger partial charge in [0.05, 0.1) is 16.7 Å². The van der Waals surface area contributed by atoms with Crippen LogP contribution in [0.2, 0.25) is 0 Å². The van der Waals surface area contributed by atoms with Gasteiger partial charge in [-0.2, -0.15) is 0 Å². The summed E-state index contributed by atoms with van der Waals surface area (Å²) in [6.45, 7) is 8.07. The number of benzene rings is 4. The van der Waals surface area contributed by atoms with Gasteiger partial charge in [0.25, 0.3) is 0 Å². The molecule has 0 saturated heterocycles. The first-order valence-corrected chi connectivity index (χ1v) is 14.1. The Hall–Kier alpha value is -5.09. The number of hydrogen-bond acceptors (Lipinski definition) is 3. The molecule has 0 spiro atoms. The Bertz CT molecular complexity index is 2120. The Morgan fingerprint density at radius 3 is 2.39 bits per heavy atom. The Kier molecular flexibility index (Phi) is 5.20. The van der Waals surface area contributed by atoms with E-state index in [1.807, 2.05) is 26.0 Å². The molecule has 1 unspecified atom stereocenters. The Morgan fingerprint density at radius 1 is 0.878 bits per heavy atom. The minimum absolute atomic E-state index is 0.0768. The summed E-state index contributed by atoms with van der Waals surface area (Å²) in [5.74, 6) is 2.14. The molecule has 2 aliphatic carbocycles. The number of aromatic nitrogens is 4. The van der Waals surface area contributed by atoms with E-state index in [-0.39, 0.29) is 5.92 Å². The van der Waals surface area contributed by atoms with E-state index in [9.17, 15) is 0 Å². The predicted molar refractivity (Wildman–Crippen MR) is 170 cm³/mol. The van der Waals surface area contributed by atoms with Gasteiger partial charge in [-0.05, 0) is 60.5 Å². The SMILES string of the molecule is C=C(/C=C\C)c1nc(C)nc(C2=CCc3ccc4c(-n5c6ccccc6c6ccccc65)ccc5c4c3C2C=C5)n1. The highest BCUT2D eigenvalue weighted by Crippen LogP contribution is 2.47. The minimum atomic E-state index is 0.0768. The maximum atomic E-state index is 4.89. The van der Waals surface area contributed by atoms with Crippen molar-refractivity contribution in [3.63, 3.8) is 0 Å². The molecule has 6 aromatic rings. The number of fused-ring (bicyclic) bond motifs is 3. The first-order valence-electron chi connectivity index (χ1n) is 14.1. The van der Waals surface area contributed by atoms with Crippen LogP contribution in [0.15, 0.2) is 104 Å². The minimum Gasteiger partial charge on any atom is -0.309 e. The van der Waals surface area contributed by atoms with Gasteiger partial charge in [0, 0.05) is 33.2 Å². The molecule has 1 atom stereocenters. The van der Waals surface area contributed by atoms with Crippen LogP contribution in [-0.4, -0.2) is 19.5 Å². The van der Waals surface area contributed by atoms with Crippen LogP contribution < -0.4 is 0 Å². The van der Waals surface area contributed by atoms with Crippen LogP contribution in [-0.2, 0) is 6.42 Å². The van der Waals surface area contributed by atoms with E-state index in [2.05, 4.69) is 107 Å². The van der Waals surface area contributed by atoms with E-state index in [4.69, 9.17) is 9.97 Å². The van der Waals surface area contributed by atoms with E-state index >= 15 is 0 Å². The zero-order chi connectivity index (χ0) is 27.7. The second-order valence-electron chi connectivity index (χ2n) is 10.9. The molecule has 196 valence electrons. The summed E-state index contributed by atoms with van der Waals surface area (Å²) >= 11 is 0. The van der Waals surface area contributed by atoms with Crippen LogP contribution in [0.25, 0.3) is 55.5 Å². The van der Waals surface area contributed by atoms with Crippen molar-refractivity contribution >= 4 is 49.8 Å². The highest BCUT2D eigenvalue weighted by atomic mass is 15.0. The summed E-state index contributed by atoms with van der Waals surface area (Å²) in [5, 5.41) is 5.13. The molecule has 4 nitrogen and oxygen atoms in total. The summed E-state index contributed by atoms with van der Waals surface area (Å²) in [7, 11) is 0. The van der Waals surface area contributed by atoms with E-state index in [0.29, 0.717) is 11.6 Å². The predicted octanol–water partition coefficient (Wildman–Crippen LogP) is 8.77. The van der Waals surface area contributed by atoms with Crippen molar-refractivity contribution in [2.24, 2.45) is 0 Å². The third-order valence-electron chi connectivity index (χ3n) is 8.46. The standard InChI is InChI=1S/C37H28N4/c1-4-9-22(2)36-38-23(3)39-37(40-36)29-19-15-24-16-20-30-33(21-17-25-14-18-28(29)34(24)35(25)30)41-31-12-7-5-10-26(31)27-11-6-8-13-32(27)41/h4-14,16-21,28H,2,15H2,1,3H3/b9-4-. The summed E-state index contributed by atoms with van der Waals surface area (Å²) < 4.78 is 2.43. The van der Waals surface area contributed by atoms with Gasteiger partial charge in [-0.25, -0.2) is 15.0 Å². The Morgan fingerprint density at radius 2 is 1.63 bits per heavy atom. The molecule has 41 heavy (non-hydrogen) atoms. The summed E-state index contributed by atoms with van der Waals surface area (Å²) in [6.07, 6.45) is 11.6. The molecule has 2 aromatic heterocycles. The quantitative estimate of drug-likeness (QED) is 0.215. The zero-order valence-electron chi connectivity index (χ0n) is 23.1. The van der Waals surface area contributed by atoms with Crippen LogP contribution in [0, 0.1) is 6.92 Å². The van der Waals surface area contributed by atoms with Crippen molar-refractivity contribution in [1.29, 1.82) is 0 Å². The van der Waals surface area contributed by atoms with Crippen LogP contribution in [0.3, 0.4) is 0 Å². The molecule has 4 aromatic carbocycles. The normalized spacial score (nSPS) is 15.8. The third-order valence-corrected chi connectivity index (χ3v) is 8.46. The topological polar surface area (TPSA) is 43.6 Å². The smallest absolute Gasteiger partial charge is 0.163 e. The molecular formula is C37H28N4. The molecule has 0 aliphatic heterocycles. The lowest BCUT2D eigenvalue weighted by molar-refractivity contribution is 0.903. The van der Waals surface area contributed by atoms with Gasteiger partial charge in [-0.15, -0.1) is 0 Å². The van der Waals surface area contributed by atoms with Crippen LogP contribution in [0.5, 0.6) is 0 Å². The summed E-state index contributed by atoms with van der Waals surface area (Å²) in [5.41, 5.74) is 9.56. The average molecular weight is 529 g/mol. The maximum Gasteiger partial charge on any atom is 0.163 e. The van der Waals surface area contributed by atoms with Gasteiger partial charge in [-0.1, -0.05) is 91.6 Å². The van der Waals surface area contributed by atoms with Crippen molar-refractivity contribution in [2.45, 2.75) is 26.2 Å². The van der Waals surface area contributed by atoms with Crippen molar-refractivity contribution in [2.75, 3.05) is 0 Å². The number of hydrogen-bond donors (Lipinski definition) is 0. The lowest BCUT2D eigenvalue weighted by atomic mass is 9.75. The van der Waals surface area contributed by atoms with Crippen LogP contribution in [0.4, 0.5) is 0 Å². The monoisotopic (exact) mass is 528 g/mol. The second kappa shape index (κ2) is 8.97.